The summed E-state index contributed by atoms with van der Waals surface area (Å²) in [5.41, 5.74) is 7.00. The van der Waals surface area contributed by atoms with Crippen LogP contribution in [0.4, 0.5) is 5.82 Å². The number of hydrogen-bond acceptors (Lipinski definition) is 6. The van der Waals surface area contributed by atoms with Gasteiger partial charge >= 0.3 is 0 Å². The molecule has 1 fully saturated rings. The van der Waals surface area contributed by atoms with E-state index in [2.05, 4.69) is 30.0 Å². The maximum atomic E-state index is 10.3. The Morgan fingerprint density at radius 3 is 2.79 bits per heavy atom. The summed E-state index contributed by atoms with van der Waals surface area (Å²) in [6, 6.07) is 16.0. The summed E-state index contributed by atoms with van der Waals surface area (Å²) in [5.74, 6) is 0.396. The van der Waals surface area contributed by atoms with Crippen molar-refractivity contribution in [2.24, 2.45) is 5.92 Å². The van der Waals surface area contributed by atoms with E-state index < -0.39 is 11.7 Å². The third kappa shape index (κ3) is 2.82. The van der Waals surface area contributed by atoms with E-state index in [0.29, 0.717) is 23.6 Å². The van der Waals surface area contributed by atoms with Gasteiger partial charge in [-0.25, -0.2) is 9.50 Å². The van der Waals surface area contributed by atoms with Gasteiger partial charge in [-0.1, -0.05) is 44.2 Å². The Morgan fingerprint density at radius 1 is 1.29 bits per heavy atom. The fourth-order valence-corrected chi connectivity index (χ4v) is 4.05. The molecule has 0 amide bonds. The van der Waals surface area contributed by atoms with Gasteiger partial charge in [-0.3, -0.25) is 0 Å². The second-order valence-electron chi connectivity index (χ2n) is 7.15. The van der Waals surface area contributed by atoms with Crippen LogP contribution in [0.2, 0.25) is 0 Å². The third-order valence-electron chi connectivity index (χ3n) is 5.51. The van der Waals surface area contributed by atoms with Crippen LogP contribution >= 0.6 is 0 Å². The summed E-state index contributed by atoms with van der Waals surface area (Å²) >= 11 is 0. The summed E-state index contributed by atoms with van der Waals surface area (Å²) in [6.07, 6.45) is 1.63. The van der Waals surface area contributed by atoms with Crippen molar-refractivity contribution in [2.45, 2.75) is 44.7 Å². The first-order valence-electron chi connectivity index (χ1n) is 9.44. The van der Waals surface area contributed by atoms with Gasteiger partial charge in [0.15, 0.2) is 5.82 Å². The van der Waals surface area contributed by atoms with E-state index >= 15 is 0 Å². The molecule has 4 rings (SSSR count). The highest BCUT2D eigenvalue weighted by Crippen LogP contribution is 2.46. The number of nitrogens with zero attached hydrogens (tertiary/aromatic N) is 4. The van der Waals surface area contributed by atoms with Gasteiger partial charge in [0.05, 0.1) is 18.4 Å². The van der Waals surface area contributed by atoms with Gasteiger partial charge in [0.1, 0.15) is 24.0 Å². The highest BCUT2D eigenvalue weighted by Gasteiger charge is 2.57. The quantitative estimate of drug-likeness (QED) is 0.734. The molecule has 2 aromatic heterocycles. The molecule has 3 heterocycles. The number of rotatable bonds is 5. The fourth-order valence-electron chi connectivity index (χ4n) is 4.05. The standard InChI is InChI=1S/C21H23N5O2/c1-3-17-14(2)19(27-11-15-7-5-4-6-8-15)21(12-22,28-17)18-10-9-16-20(23)24-13-25-26(16)18/h4-10,13-14,17,19H,3,11H2,1-2H3,(H2,23,24,25)/t14-,17-,19?,21+/m1/s1. The number of fused-ring (bicyclic) bond motifs is 1. The van der Waals surface area contributed by atoms with E-state index in [9.17, 15) is 5.26 Å². The highest BCUT2D eigenvalue weighted by molar-refractivity contribution is 5.66. The first-order valence-corrected chi connectivity index (χ1v) is 9.44. The molecule has 4 atom stereocenters. The zero-order valence-electron chi connectivity index (χ0n) is 15.9. The van der Waals surface area contributed by atoms with Gasteiger partial charge in [0.2, 0.25) is 5.60 Å². The molecule has 144 valence electrons. The zero-order chi connectivity index (χ0) is 19.7. The summed E-state index contributed by atoms with van der Waals surface area (Å²) in [7, 11) is 0. The molecule has 1 unspecified atom stereocenters. The average molecular weight is 377 g/mol. The molecular weight excluding hydrogens is 354 g/mol. The van der Waals surface area contributed by atoms with Gasteiger partial charge in [-0.15, -0.1) is 0 Å². The van der Waals surface area contributed by atoms with Crippen LogP contribution in [0.15, 0.2) is 48.8 Å². The van der Waals surface area contributed by atoms with Crippen molar-refractivity contribution in [3.05, 3.63) is 60.0 Å². The van der Waals surface area contributed by atoms with E-state index in [1.54, 1.807) is 4.52 Å². The Hall–Kier alpha value is -2.95. The smallest absolute Gasteiger partial charge is 0.223 e. The number of benzene rings is 1. The Kier molecular flexibility index (Phi) is 4.75. The normalized spacial score (nSPS) is 27.1. The van der Waals surface area contributed by atoms with E-state index in [1.165, 1.54) is 6.33 Å². The Bertz CT molecular complexity index is 1010. The first-order chi connectivity index (χ1) is 13.6. The van der Waals surface area contributed by atoms with Crippen LogP contribution in [0.1, 0.15) is 31.5 Å². The third-order valence-corrected chi connectivity index (χ3v) is 5.51. The second kappa shape index (κ2) is 7.23. The lowest BCUT2D eigenvalue weighted by Crippen LogP contribution is -2.40. The SMILES string of the molecule is CC[C@H]1O[C@@](C#N)(c2ccc3c(N)ncnn23)C(OCc2ccccc2)[C@@H]1C. The Labute approximate surface area is 163 Å². The van der Waals surface area contributed by atoms with Gasteiger partial charge < -0.3 is 15.2 Å². The number of ether oxygens (including phenoxy) is 2. The summed E-state index contributed by atoms with van der Waals surface area (Å²) in [5, 5.41) is 14.6. The molecular formula is C21H23N5O2. The molecule has 3 aromatic rings. The number of hydrogen-bond donors (Lipinski definition) is 1. The lowest BCUT2D eigenvalue weighted by molar-refractivity contribution is -0.0817. The van der Waals surface area contributed by atoms with Crippen molar-refractivity contribution >= 4 is 11.3 Å². The van der Waals surface area contributed by atoms with E-state index in [1.807, 2.05) is 42.5 Å². The predicted octanol–water partition coefficient (Wildman–Crippen LogP) is 3.06. The van der Waals surface area contributed by atoms with Gasteiger partial charge in [-0.05, 0) is 24.1 Å². The summed E-state index contributed by atoms with van der Waals surface area (Å²) in [4.78, 5) is 4.03. The van der Waals surface area contributed by atoms with Crippen molar-refractivity contribution in [1.29, 1.82) is 5.26 Å². The van der Waals surface area contributed by atoms with Crippen molar-refractivity contribution in [1.82, 2.24) is 14.6 Å². The Balaban J connectivity index is 1.77. The van der Waals surface area contributed by atoms with Gasteiger partial charge in [0.25, 0.3) is 0 Å². The molecule has 28 heavy (non-hydrogen) atoms. The average Bonchev–Trinajstić information content (AvgIpc) is 3.28. The maximum absolute atomic E-state index is 10.3. The van der Waals surface area contributed by atoms with E-state index in [0.717, 1.165) is 12.0 Å². The molecule has 1 aliphatic heterocycles. The number of anilines is 1. The maximum Gasteiger partial charge on any atom is 0.223 e. The minimum Gasteiger partial charge on any atom is -0.382 e. The van der Waals surface area contributed by atoms with Crippen LogP contribution in [-0.2, 0) is 21.7 Å². The second-order valence-corrected chi connectivity index (χ2v) is 7.15. The zero-order valence-corrected chi connectivity index (χ0v) is 15.9. The molecule has 1 aliphatic rings. The van der Waals surface area contributed by atoms with E-state index in [-0.39, 0.29) is 12.0 Å². The molecule has 1 aromatic carbocycles. The Morgan fingerprint density at radius 2 is 2.07 bits per heavy atom. The monoisotopic (exact) mass is 377 g/mol. The molecule has 1 saturated heterocycles. The van der Waals surface area contributed by atoms with Crippen LogP contribution in [0.3, 0.4) is 0 Å². The van der Waals surface area contributed by atoms with E-state index in [4.69, 9.17) is 15.2 Å². The molecule has 7 heteroatoms. The molecule has 0 aliphatic carbocycles. The molecule has 0 saturated carbocycles. The number of aromatic nitrogens is 3. The van der Waals surface area contributed by atoms with Crippen LogP contribution < -0.4 is 5.73 Å². The van der Waals surface area contributed by atoms with Gasteiger partial charge in [-0.2, -0.15) is 10.4 Å². The number of nitrogen functional groups attached to an aromatic ring is 1. The van der Waals surface area contributed by atoms with Gasteiger partial charge in [0, 0.05) is 5.92 Å². The highest BCUT2D eigenvalue weighted by atomic mass is 16.6. The predicted molar refractivity (Wildman–Crippen MR) is 104 cm³/mol. The largest absolute Gasteiger partial charge is 0.382 e. The van der Waals surface area contributed by atoms with Crippen LogP contribution in [0.25, 0.3) is 5.52 Å². The molecule has 0 radical (unpaired) electrons. The van der Waals surface area contributed by atoms with Crippen LogP contribution in [-0.4, -0.2) is 26.8 Å². The van der Waals surface area contributed by atoms with Crippen LogP contribution in [0, 0.1) is 17.2 Å². The molecule has 7 nitrogen and oxygen atoms in total. The summed E-state index contributed by atoms with van der Waals surface area (Å²) < 4.78 is 14.3. The minimum atomic E-state index is -1.28. The van der Waals surface area contributed by atoms with Crippen LogP contribution in [0.5, 0.6) is 0 Å². The lowest BCUT2D eigenvalue weighted by Gasteiger charge is -2.28. The number of nitrogens with two attached hydrogens (primary N) is 1. The fraction of sp³-hybridized carbons (Fsp3) is 0.381. The topological polar surface area (TPSA) is 98.5 Å². The molecule has 0 spiro atoms. The van der Waals surface area contributed by atoms with Crippen molar-refractivity contribution in [2.75, 3.05) is 5.73 Å². The molecule has 0 bridgehead atoms. The summed E-state index contributed by atoms with van der Waals surface area (Å²) in [6.45, 7) is 4.53. The van der Waals surface area contributed by atoms with Crippen molar-refractivity contribution in [3.8, 4) is 6.07 Å². The minimum absolute atomic E-state index is 0.0399. The van der Waals surface area contributed by atoms with Crippen molar-refractivity contribution < 1.29 is 9.47 Å². The first kappa shape index (κ1) is 18.4. The number of nitriles is 1. The molecule has 2 N–H and O–H groups in total. The van der Waals surface area contributed by atoms with Crippen molar-refractivity contribution in [3.63, 3.8) is 0 Å². The lowest BCUT2D eigenvalue weighted by atomic mass is 9.87.